The molecule has 1 heterocycles. The number of rotatable bonds is 3. The molecule has 1 aromatic carbocycles. The number of benzene rings is 1. The second-order valence-electron chi connectivity index (χ2n) is 4.65. The van der Waals surface area contributed by atoms with Gasteiger partial charge < -0.3 is 5.73 Å². The van der Waals surface area contributed by atoms with Crippen LogP contribution >= 0.6 is 0 Å². The minimum Gasteiger partial charge on any atom is -0.383 e. The Kier molecular flexibility index (Phi) is 3.99. The lowest BCUT2D eigenvalue weighted by atomic mass is 9.91. The first kappa shape index (κ1) is 14.0. The van der Waals surface area contributed by atoms with E-state index >= 15 is 0 Å². The lowest BCUT2D eigenvalue weighted by molar-refractivity contribution is 0.631. The summed E-state index contributed by atoms with van der Waals surface area (Å²) in [5.74, 6) is -0.200. The van der Waals surface area contributed by atoms with Crippen molar-refractivity contribution in [3.05, 3.63) is 46.9 Å². The fourth-order valence-corrected chi connectivity index (χ4v) is 2.39. The molecule has 0 amide bonds. The molecule has 0 saturated carbocycles. The van der Waals surface area contributed by atoms with Gasteiger partial charge in [-0.15, -0.1) is 0 Å². The number of anilines is 1. The fourth-order valence-electron chi connectivity index (χ4n) is 2.39. The molecule has 2 N–H and O–H groups in total. The Balaban J connectivity index is 2.85. The number of aryl methyl sites for hydroxylation is 1. The van der Waals surface area contributed by atoms with E-state index in [1.54, 1.807) is 18.2 Å². The highest BCUT2D eigenvalue weighted by Crippen LogP contribution is 2.34. The molecule has 0 unspecified atom stereocenters. The SMILES string of the molecule is CCCc1c(C)nc(N)c(C#N)c1-c1ccccc1F. The van der Waals surface area contributed by atoms with Gasteiger partial charge in [-0.1, -0.05) is 31.5 Å². The number of nitriles is 1. The van der Waals surface area contributed by atoms with E-state index in [2.05, 4.69) is 11.1 Å². The molecular weight excluding hydrogens is 253 g/mol. The molecule has 0 radical (unpaired) electrons. The number of halogens is 1. The highest BCUT2D eigenvalue weighted by molar-refractivity contribution is 5.79. The van der Waals surface area contributed by atoms with Crippen molar-refractivity contribution in [3.8, 4) is 17.2 Å². The predicted molar refractivity (Wildman–Crippen MR) is 77.5 cm³/mol. The monoisotopic (exact) mass is 269 g/mol. The van der Waals surface area contributed by atoms with Gasteiger partial charge in [-0.25, -0.2) is 9.37 Å². The Morgan fingerprint density at radius 2 is 2.05 bits per heavy atom. The van der Waals surface area contributed by atoms with E-state index in [0.29, 0.717) is 11.1 Å². The molecule has 0 fully saturated rings. The maximum absolute atomic E-state index is 14.1. The van der Waals surface area contributed by atoms with Crippen LogP contribution in [0.3, 0.4) is 0 Å². The van der Waals surface area contributed by atoms with Gasteiger partial charge in [-0.2, -0.15) is 5.26 Å². The summed E-state index contributed by atoms with van der Waals surface area (Å²) < 4.78 is 14.1. The van der Waals surface area contributed by atoms with Crippen LogP contribution in [0.15, 0.2) is 24.3 Å². The standard InChI is InChI=1S/C16H16FN3/c1-3-6-11-10(2)20-16(19)13(9-18)15(11)12-7-4-5-8-14(12)17/h4-5,7-8H,3,6H2,1-2H3,(H2,19,20). The number of hydrogen-bond donors (Lipinski definition) is 1. The van der Waals surface area contributed by atoms with Crippen molar-refractivity contribution in [1.82, 2.24) is 4.98 Å². The Hall–Kier alpha value is -2.41. The van der Waals surface area contributed by atoms with Crippen molar-refractivity contribution < 1.29 is 4.39 Å². The number of nitrogens with two attached hydrogens (primary N) is 1. The third-order valence-corrected chi connectivity index (χ3v) is 3.29. The van der Waals surface area contributed by atoms with Gasteiger partial charge in [-0.05, 0) is 25.0 Å². The van der Waals surface area contributed by atoms with Gasteiger partial charge in [0.1, 0.15) is 23.3 Å². The van der Waals surface area contributed by atoms with E-state index < -0.39 is 0 Å². The first-order valence-corrected chi connectivity index (χ1v) is 6.54. The number of pyridine rings is 1. The van der Waals surface area contributed by atoms with Crippen LogP contribution in [0.25, 0.3) is 11.1 Å². The van der Waals surface area contributed by atoms with Crippen LogP contribution in [-0.4, -0.2) is 4.98 Å². The summed E-state index contributed by atoms with van der Waals surface area (Å²) in [5.41, 5.74) is 8.71. The van der Waals surface area contributed by atoms with Crippen molar-refractivity contribution >= 4 is 5.82 Å². The molecule has 4 heteroatoms. The van der Waals surface area contributed by atoms with Crippen LogP contribution in [0.1, 0.15) is 30.2 Å². The summed E-state index contributed by atoms with van der Waals surface area (Å²) >= 11 is 0. The van der Waals surface area contributed by atoms with Crippen molar-refractivity contribution in [1.29, 1.82) is 5.26 Å². The van der Waals surface area contributed by atoms with Crippen molar-refractivity contribution in [2.24, 2.45) is 0 Å². The molecule has 1 aromatic heterocycles. The van der Waals surface area contributed by atoms with Crippen LogP contribution < -0.4 is 5.73 Å². The molecular formula is C16H16FN3. The number of nitrogens with zero attached hydrogens (tertiary/aromatic N) is 2. The zero-order valence-corrected chi connectivity index (χ0v) is 11.6. The second-order valence-corrected chi connectivity index (χ2v) is 4.65. The van der Waals surface area contributed by atoms with E-state index in [0.717, 1.165) is 24.1 Å². The summed E-state index contributed by atoms with van der Waals surface area (Å²) in [6.07, 6.45) is 1.62. The maximum atomic E-state index is 14.1. The zero-order chi connectivity index (χ0) is 14.7. The average molecular weight is 269 g/mol. The van der Waals surface area contributed by atoms with Crippen molar-refractivity contribution in [2.75, 3.05) is 5.73 Å². The maximum Gasteiger partial charge on any atom is 0.142 e. The summed E-state index contributed by atoms with van der Waals surface area (Å²) in [5, 5.41) is 9.34. The van der Waals surface area contributed by atoms with Gasteiger partial charge in [0.05, 0.1) is 0 Å². The largest absolute Gasteiger partial charge is 0.383 e. The lowest BCUT2D eigenvalue weighted by Gasteiger charge is -2.15. The molecule has 0 aliphatic rings. The molecule has 0 aliphatic heterocycles. The van der Waals surface area contributed by atoms with Gasteiger partial charge in [0.15, 0.2) is 0 Å². The third kappa shape index (κ3) is 2.35. The van der Waals surface area contributed by atoms with Crippen LogP contribution in [-0.2, 0) is 6.42 Å². The Morgan fingerprint density at radius 3 is 2.65 bits per heavy atom. The Morgan fingerprint density at radius 1 is 1.35 bits per heavy atom. The summed E-state index contributed by atoms with van der Waals surface area (Å²) in [6, 6.07) is 8.50. The Labute approximate surface area is 117 Å². The quantitative estimate of drug-likeness (QED) is 0.925. The summed E-state index contributed by atoms with van der Waals surface area (Å²) in [7, 11) is 0. The smallest absolute Gasteiger partial charge is 0.142 e. The van der Waals surface area contributed by atoms with Crippen LogP contribution in [0.5, 0.6) is 0 Å². The molecule has 0 saturated heterocycles. The lowest BCUT2D eigenvalue weighted by Crippen LogP contribution is -2.06. The molecule has 102 valence electrons. The van der Waals surface area contributed by atoms with Gasteiger partial charge in [0, 0.05) is 16.8 Å². The summed E-state index contributed by atoms with van der Waals surface area (Å²) in [4.78, 5) is 4.21. The van der Waals surface area contributed by atoms with Gasteiger partial charge >= 0.3 is 0 Å². The van der Waals surface area contributed by atoms with Crippen molar-refractivity contribution in [2.45, 2.75) is 26.7 Å². The summed E-state index contributed by atoms with van der Waals surface area (Å²) in [6.45, 7) is 3.87. The van der Waals surface area contributed by atoms with E-state index in [9.17, 15) is 9.65 Å². The van der Waals surface area contributed by atoms with E-state index in [1.165, 1.54) is 6.07 Å². The molecule has 2 rings (SSSR count). The molecule has 0 aliphatic carbocycles. The van der Waals surface area contributed by atoms with E-state index in [4.69, 9.17) is 5.73 Å². The predicted octanol–water partition coefficient (Wildman–Crippen LogP) is 3.60. The first-order chi connectivity index (χ1) is 9.60. The Bertz CT molecular complexity index is 687. The van der Waals surface area contributed by atoms with Crippen molar-refractivity contribution in [3.63, 3.8) is 0 Å². The topological polar surface area (TPSA) is 62.7 Å². The van der Waals surface area contributed by atoms with Gasteiger partial charge in [0.25, 0.3) is 0 Å². The second kappa shape index (κ2) is 5.70. The number of aromatic nitrogens is 1. The highest BCUT2D eigenvalue weighted by Gasteiger charge is 2.19. The average Bonchev–Trinajstić information content (AvgIpc) is 2.42. The molecule has 0 bridgehead atoms. The number of hydrogen-bond acceptors (Lipinski definition) is 3. The molecule has 3 nitrogen and oxygen atoms in total. The minimum atomic E-state index is -0.355. The molecule has 20 heavy (non-hydrogen) atoms. The van der Waals surface area contributed by atoms with Gasteiger partial charge in [0.2, 0.25) is 0 Å². The van der Waals surface area contributed by atoms with E-state index in [1.807, 2.05) is 13.8 Å². The first-order valence-electron chi connectivity index (χ1n) is 6.54. The molecule has 2 aromatic rings. The van der Waals surface area contributed by atoms with Crippen LogP contribution in [0.4, 0.5) is 10.2 Å². The van der Waals surface area contributed by atoms with E-state index in [-0.39, 0.29) is 17.2 Å². The minimum absolute atomic E-state index is 0.156. The normalized spacial score (nSPS) is 10.3. The highest BCUT2D eigenvalue weighted by atomic mass is 19.1. The van der Waals surface area contributed by atoms with Gasteiger partial charge in [-0.3, -0.25) is 0 Å². The molecule has 0 atom stereocenters. The van der Waals surface area contributed by atoms with Crippen LogP contribution in [0, 0.1) is 24.1 Å². The van der Waals surface area contributed by atoms with Crippen LogP contribution in [0.2, 0.25) is 0 Å². The zero-order valence-electron chi connectivity index (χ0n) is 11.6. The number of nitrogen functional groups attached to an aromatic ring is 1. The molecule has 0 spiro atoms. The fraction of sp³-hybridized carbons (Fsp3) is 0.250. The third-order valence-electron chi connectivity index (χ3n) is 3.29.